The van der Waals surface area contributed by atoms with Crippen molar-refractivity contribution < 1.29 is 9.53 Å². The SMILES string of the molecule is CC(N)CCC(NCc1ccc(C(=O)Nc2cccnc2N)cc1)OCc1ccccc1. The molecule has 1 amide bonds. The first kappa shape index (κ1) is 23.4. The molecule has 0 saturated heterocycles. The number of hydrogen-bond donors (Lipinski definition) is 4. The van der Waals surface area contributed by atoms with E-state index in [1.54, 1.807) is 30.5 Å². The van der Waals surface area contributed by atoms with Crippen molar-refractivity contribution in [3.8, 4) is 0 Å². The van der Waals surface area contributed by atoms with Crippen LogP contribution in [-0.4, -0.2) is 23.2 Å². The van der Waals surface area contributed by atoms with Crippen LogP contribution in [0.2, 0.25) is 0 Å². The number of amides is 1. The Kier molecular flexibility index (Phi) is 8.74. The monoisotopic (exact) mass is 433 g/mol. The molecule has 32 heavy (non-hydrogen) atoms. The number of nitrogens with zero attached hydrogens (tertiary/aromatic N) is 1. The zero-order valence-electron chi connectivity index (χ0n) is 18.3. The normalized spacial score (nSPS) is 12.8. The maximum absolute atomic E-state index is 12.5. The Morgan fingerprint density at radius 2 is 1.75 bits per heavy atom. The van der Waals surface area contributed by atoms with Gasteiger partial charge in [0.1, 0.15) is 12.0 Å². The van der Waals surface area contributed by atoms with E-state index in [0.717, 1.165) is 24.0 Å². The Hall–Kier alpha value is -3.26. The number of nitrogens with one attached hydrogen (secondary N) is 2. The molecule has 2 atom stereocenters. The fraction of sp³-hybridized carbons (Fsp3) is 0.280. The third kappa shape index (κ3) is 7.46. The van der Waals surface area contributed by atoms with Gasteiger partial charge in [-0.15, -0.1) is 0 Å². The Morgan fingerprint density at radius 3 is 2.44 bits per heavy atom. The summed E-state index contributed by atoms with van der Waals surface area (Å²) >= 11 is 0. The van der Waals surface area contributed by atoms with Crippen molar-refractivity contribution in [3.05, 3.63) is 89.6 Å². The third-order valence-electron chi connectivity index (χ3n) is 5.01. The molecule has 7 heteroatoms. The molecule has 0 fully saturated rings. The van der Waals surface area contributed by atoms with Gasteiger partial charge in [-0.05, 0) is 55.2 Å². The summed E-state index contributed by atoms with van der Waals surface area (Å²) in [4.78, 5) is 16.4. The Bertz CT molecular complexity index is 977. The number of benzene rings is 2. The molecular weight excluding hydrogens is 402 g/mol. The predicted octanol–water partition coefficient (Wildman–Crippen LogP) is 3.68. The van der Waals surface area contributed by atoms with E-state index < -0.39 is 0 Å². The van der Waals surface area contributed by atoms with Gasteiger partial charge in [-0.1, -0.05) is 42.5 Å². The highest BCUT2D eigenvalue weighted by Gasteiger charge is 2.12. The lowest BCUT2D eigenvalue weighted by molar-refractivity contribution is 0.00882. The first-order valence-corrected chi connectivity index (χ1v) is 10.8. The van der Waals surface area contributed by atoms with Gasteiger partial charge < -0.3 is 21.5 Å². The van der Waals surface area contributed by atoms with Crippen LogP contribution in [0.15, 0.2) is 72.9 Å². The molecule has 6 N–H and O–H groups in total. The van der Waals surface area contributed by atoms with Crippen LogP contribution in [0.25, 0.3) is 0 Å². The van der Waals surface area contributed by atoms with Crippen molar-refractivity contribution >= 4 is 17.4 Å². The lowest BCUT2D eigenvalue weighted by Gasteiger charge is -2.21. The molecule has 0 aliphatic heterocycles. The van der Waals surface area contributed by atoms with E-state index in [1.807, 2.05) is 49.4 Å². The van der Waals surface area contributed by atoms with Crippen molar-refractivity contribution in [2.75, 3.05) is 11.1 Å². The van der Waals surface area contributed by atoms with Crippen LogP contribution in [0.1, 0.15) is 41.3 Å². The molecule has 3 aromatic rings. The highest BCUT2D eigenvalue weighted by molar-refractivity contribution is 6.05. The first-order valence-electron chi connectivity index (χ1n) is 10.8. The van der Waals surface area contributed by atoms with E-state index >= 15 is 0 Å². The largest absolute Gasteiger partial charge is 0.382 e. The molecule has 7 nitrogen and oxygen atoms in total. The maximum Gasteiger partial charge on any atom is 0.255 e. The van der Waals surface area contributed by atoms with Crippen LogP contribution < -0.4 is 22.1 Å². The Balaban J connectivity index is 1.54. The van der Waals surface area contributed by atoms with Gasteiger partial charge in [-0.25, -0.2) is 4.98 Å². The average molecular weight is 434 g/mol. The molecule has 3 rings (SSSR count). The molecule has 0 bridgehead atoms. The molecule has 0 saturated carbocycles. The fourth-order valence-corrected chi connectivity index (χ4v) is 3.15. The summed E-state index contributed by atoms with van der Waals surface area (Å²) in [5.41, 5.74) is 14.9. The smallest absolute Gasteiger partial charge is 0.255 e. The molecule has 0 spiro atoms. The molecule has 0 aliphatic carbocycles. The number of hydrogen-bond acceptors (Lipinski definition) is 6. The molecule has 0 aliphatic rings. The highest BCUT2D eigenvalue weighted by Crippen LogP contribution is 2.16. The fourth-order valence-electron chi connectivity index (χ4n) is 3.15. The number of ether oxygens (including phenoxy) is 1. The van der Waals surface area contributed by atoms with E-state index in [0.29, 0.717) is 24.4 Å². The maximum atomic E-state index is 12.5. The molecular formula is C25H31N5O2. The van der Waals surface area contributed by atoms with Crippen LogP contribution in [-0.2, 0) is 17.9 Å². The predicted molar refractivity (Wildman–Crippen MR) is 128 cm³/mol. The second-order valence-corrected chi connectivity index (χ2v) is 7.81. The Labute approximate surface area is 189 Å². The van der Waals surface area contributed by atoms with Crippen LogP contribution in [0.3, 0.4) is 0 Å². The summed E-state index contributed by atoms with van der Waals surface area (Å²) in [7, 11) is 0. The van der Waals surface area contributed by atoms with Crippen molar-refractivity contribution in [1.82, 2.24) is 10.3 Å². The van der Waals surface area contributed by atoms with Crippen molar-refractivity contribution in [1.29, 1.82) is 0 Å². The number of aromatic nitrogens is 1. The molecule has 1 aromatic heterocycles. The number of nitrogens with two attached hydrogens (primary N) is 2. The highest BCUT2D eigenvalue weighted by atomic mass is 16.5. The molecule has 0 radical (unpaired) electrons. The van der Waals surface area contributed by atoms with Gasteiger partial charge in [0.05, 0.1) is 12.3 Å². The Morgan fingerprint density at radius 1 is 1.00 bits per heavy atom. The van der Waals surface area contributed by atoms with E-state index in [1.165, 1.54) is 0 Å². The first-order chi connectivity index (χ1) is 15.5. The number of carbonyl (C=O) groups is 1. The van der Waals surface area contributed by atoms with Gasteiger partial charge >= 0.3 is 0 Å². The van der Waals surface area contributed by atoms with Gasteiger partial charge in [0, 0.05) is 24.3 Å². The third-order valence-corrected chi connectivity index (χ3v) is 5.01. The van der Waals surface area contributed by atoms with Crippen LogP contribution in [0.5, 0.6) is 0 Å². The summed E-state index contributed by atoms with van der Waals surface area (Å²) < 4.78 is 6.09. The van der Waals surface area contributed by atoms with Gasteiger partial charge in [0.25, 0.3) is 5.91 Å². The lowest BCUT2D eigenvalue weighted by Crippen LogP contribution is -2.33. The quantitative estimate of drug-likeness (QED) is 0.343. The number of anilines is 2. The number of pyridine rings is 1. The summed E-state index contributed by atoms with van der Waals surface area (Å²) in [5.74, 6) is 0.0558. The zero-order valence-corrected chi connectivity index (χ0v) is 18.3. The van der Waals surface area contributed by atoms with Crippen LogP contribution in [0, 0.1) is 0 Å². The summed E-state index contributed by atoms with van der Waals surface area (Å²) in [6.45, 7) is 3.15. The number of rotatable bonds is 11. The minimum Gasteiger partial charge on any atom is -0.382 e. The second kappa shape index (κ2) is 12.0. The molecule has 168 valence electrons. The molecule has 2 aromatic carbocycles. The minimum atomic E-state index is -0.231. The van der Waals surface area contributed by atoms with Gasteiger partial charge in [-0.2, -0.15) is 0 Å². The van der Waals surface area contributed by atoms with E-state index in [-0.39, 0.29) is 24.0 Å². The second-order valence-electron chi connectivity index (χ2n) is 7.81. The minimum absolute atomic E-state index is 0.113. The van der Waals surface area contributed by atoms with Gasteiger partial charge in [0.15, 0.2) is 0 Å². The van der Waals surface area contributed by atoms with Gasteiger partial charge in [-0.3, -0.25) is 10.1 Å². The zero-order chi connectivity index (χ0) is 22.8. The summed E-state index contributed by atoms with van der Waals surface area (Å²) in [5, 5.41) is 6.24. The molecule has 1 heterocycles. The summed E-state index contributed by atoms with van der Waals surface area (Å²) in [6.07, 6.45) is 3.15. The average Bonchev–Trinajstić information content (AvgIpc) is 2.81. The van der Waals surface area contributed by atoms with Crippen molar-refractivity contribution in [2.24, 2.45) is 5.73 Å². The van der Waals surface area contributed by atoms with Crippen LogP contribution in [0.4, 0.5) is 11.5 Å². The van der Waals surface area contributed by atoms with Crippen LogP contribution >= 0.6 is 0 Å². The van der Waals surface area contributed by atoms with E-state index in [4.69, 9.17) is 16.2 Å². The lowest BCUT2D eigenvalue weighted by atomic mass is 10.1. The van der Waals surface area contributed by atoms with Crippen molar-refractivity contribution in [3.63, 3.8) is 0 Å². The van der Waals surface area contributed by atoms with E-state index in [9.17, 15) is 4.79 Å². The molecule has 2 unspecified atom stereocenters. The van der Waals surface area contributed by atoms with E-state index in [2.05, 4.69) is 15.6 Å². The summed E-state index contributed by atoms with van der Waals surface area (Å²) in [6, 6.07) is 21.1. The number of carbonyl (C=O) groups excluding carboxylic acids is 1. The van der Waals surface area contributed by atoms with Crippen molar-refractivity contribution in [2.45, 2.75) is 45.2 Å². The topological polar surface area (TPSA) is 115 Å². The standard InChI is InChI=1S/C25H31N5O2/c1-18(26)9-14-23(32-17-20-6-3-2-4-7-20)29-16-19-10-12-21(13-11-19)25(31)30-22-8-5-15-28-24(22)27/h2-8,10-13,15,18,23,29H,9,14,16-17,26H2,1H3,(H2,27,28)(H,30,31). The number of nitrogen functional groups attached to an aromatic ring is 1. The van der Waals surface area contributed by atoms with Gasteiger partial charge in [0.2, 0.25) is 0 Å².